The minimum absolute atomic E-state index is 0.0802. The number of Topliss-reactive ketones (excluding diaryl/α,β-unsaturated/α-hetero) is 1. The molecule has 0 saturated heterocycles. The number of hydrogen-bond acceptors (Lipinski definition) is 5. The molecule has 2 aromatic carbocycles. The number of anilines is 4. The summed E-state index contributed by atoms with van der Waals surface area (Å²) in [5, 5.41) is 7.18. The van der Waals surface area contributed by atoms with Crippen LogP contribution in [-0.2, 0) is 12.8 Å². The second kappa shape index (κ2) is 7.98. The van der Waals surface area contributed by atoms with Crippen LogP contribution in [0.15, 0.2) is 48.5 Å². The lowest BCUT2D eigenvalue weighted by molar-refractivity contribution is 0.0972. The summed E-state index contributed by atoms with van der Waals surface area (Å²) in [6.45, 7) is 2.13. The predicted octanol–water partition coefficient (Wildman–Crippen LogP) is 5.70. The smallest absolute Gasteiger partial charge is 0.229 e. The second-order valence-corrected chi connectivity index (χ2v) is 7.24. The average Bonchev–Trinajstić information content (AvgIpc) is 2.70. The van der Waals surface area contributed by atoms with Gasteiger partial charge in [0.2, 0.25) is 5.95 Å². The molecule has 6 heteroatoms. The molecule has 1 aliphatic carbocycles. The van der Waals surface area contributed by atoms with E-state index in [9.17, 15) is 4.79 Å². The van der Waals surface area contributed by atoms with Crippen molar-refractivity contribution in [1.82, 2.24) is 9.97 Å². The maximum Gasteiger partial charge on any atom is 0.229 e. The van der Waals surface area contributed by atoms with Crippen molar-refractivity contribution in [3.8, 4) is 0 Å². The first-order chi connectivity index (χ1) is 13.6. The summed E-state index contributed by atoms with van der Waals surface area (Å²) in [7, 11) is 0. The first kappa shape index (κ1) is 18.4. The molecule has 28 heavy (non-hydrogen) atoms. The van der Waals surface area contributed by atoms with E-state index in [1.54, 1.807) is 12.1 Å². The maximum absolute atomic E-state index is 12.5. The van der Waals surface area contributed by atoms with Gasteiger partial charge in [-0.3, -0.25) is 4.79 Å². The highest BCUT2D eigenvalue weighted by Gasteiger charge is 2.24. The van der Waals surface area contributed by atoms with Crippen molar-refractivity contribution in [3.63, 3.8) is 0 Å². The van der Waals surface area contributed by atoms with Gasteiger partial charge in [0.15, 0.2) is 5.78 Å². The van der Waals surface area contributed by atoms with Gasteiger partial charge in [0.05, 0.1) is 11.3 Å². The van der Waals surface area contributed by atoms with Gasteiger partial charge in [-0.2, -0.15) is 4.98 Å². The molecule has 0 atom stereocenters. The van der Waals surface area contributed by atoms with Crippen LogP contribution in [0.1, 0.15) is 41.4 Å². The van der Waals surface area contributed by atoms with Crippen LogP contribution in [0.25, 0.3) is 0 Å². The average molecular weight is 393 g/mol. The standard InChI is InChI=1S/C22H21ClN4O/c1-2-14-6-10-17(11-7-14)25-22-26-18-4-3-5-19(28)20(18)21(27-22)24-16-12-8-15(23)9-13-16/h6-13H,2-5H2,1H3,(H2,24,25,26,27). The van der Waals surface area contributed by atoms with Crippen LogP contribution in [0, 0.1) is 0 Å². The summed E-state index contributed by atoms with van der Waals surface area (Å²) < 4.78 is 0. The summed E-state index contributed by atoms with van der Waals surface area (Å²) in [6, 6.07) is 15.5. The Labute approximate surface area is 169 Å². The molecule has 1 heterocycles. The Hall–Kier alpha value is -2.92. The van der Waals surface area contributed by atoms with E-state index in [1.807, 2.05) is 24.3 Å². The van der Waals surface area contributed by atoms with Gasteiger partial charge in [-0.25, -0.2) is 4.98 Å². The van der Waals surface area contributed by atoms with E-state index in [2.05, 4.69) is 39.7 Å². The molecular formula is C22H21ClN4O. The minimum atomic E-state index is 0.0802. The fourth-order valence-corrected chi connectivity index (χ4v) is 3.42. The number of nitrogens with zero attached hydrogens (tertiary/aromatic N) is 2. The van der Waals surface area contributed by atoms with Gasteiger partial charge in [0, 0.05) is 22.8 Å². The molecule has 2 N–H and O–H groups in total. The van der Waals surface area contributed by atoms with Crippen molar-refractivity contribution in [2.45, 2.75) is 32.6 Å². The summed E-state index contributed by atoms with van der Waals surface area (Å²) in [5.74, 6) is 1.09. The molecule has 0 aliphatic heterocycles. The zero-order valence-corrected chi connectivity index (χ0v) is 16.4. The van der Waals surface area contributed by atoms with Crippen molar-refractivity contribution in [2.75, 3.05) is 10.6 Å². The number of nitrogens with one attached hydrogen (secondary N) is 2. The Morgan fingerprint density at radius 3 is 2.32 bits per heavy atom. The summed E-state index contributed by atoms with van der Waals surface area (Å²) >= 11 is 5.97. The highest BCUT2D eigenvalue weighted by molar-refractivity contribution is 6.30. The molecule has 5 nitrogen and oxygen atoms in total. The zero-order chi connectivity index (χ0) is 19.5. The molecule has 0 fully saturated rings. The Bertz CT molecular complexity index is 1000. The van der Waals surface area contributed by atoms with Crippen LogP contribution in [0.2, 0.25) is 5.02 Å². The van der Waals surface area contributed by atoms with Crippen LogP contribution in [0.4, 0.5) is 23.1 Å². The molecule has 1 aromatic heterocycles. The zero-order valence-electron chi connectivity index (χ0n) is 15.6. The Kier molecular flexibility index (Phi) is 5.26. The van der Waals surface area contributed by atoms with E-state index in [-0.39, 0.29) is 5.78 Å². The number of halogens is 1. The lowest BCUT2D eigenvalue weighted by Gasteiger charge is -2.19. The van der Waals surface area contributed by atoms with E-state index in [1.165, 1.54) is 5.56 Å². The number of benzene rings is 2. The predicted molar refractivity (Wildman–Crippen MR) is 113 cm³/mol. The van der Waals surface area contributed by atoms with Gasteiger partial charge in [-0.15, -0.1) is 0 Å². The molecule has 3 aromatic rings. The number of ketones is 1. The molecule has 0 unspecified atom stereocenters. The van der Waals surface area contributed by atoms with E-state index < -0.39 is 0 Å². The highest BCUT2D eigenvalue weighted by Crippen LogP contribution is 2.30. The SMILES string of the molecule is CCc1ccc(Nc2nc3c(c(Nc4ccc(Cl)cc4)n2)C(=O)CCC3)cc1. The topological polar surface area (TPSA) is 66.9 Å². The Morgan fingerprint density at radius 2 is 1.61 bits per heavy atom. The molecule has 0 amide bonds. The van der Waals surface area contributed by atoms with Gasteiger partial charge in [-0.1, -0.05) is 30.7 Å². The van der Waals surface area contributed by atoms with Gasteiger partial charge >= 0.3 is 0 Å². The summed E-state index contributed by atoms with van der Waals surface area (Å²) in [6.07, 6.45) is 3.10. The van der Waals surface area contributed by atoms with Crippen LogP contribution in [0.5, 0.6) is 0 Å². The monoisotopic (exact) mass is 392 g/mol. The third-order valence-electron chi connectivity index (χ3n) is 4.81. The van der Waals surface area contributed by atoms with Crippen molar-refractivity contribution in [1.29, 1.82) is 0 Å². The van der Waals surface area contributed by atoms with E-state index in [0.29, 0.717) is 28.8 Å². The molecule has 0 saturated carbocycles. The number of carbonyl (C=O) groups excluding carboxylic acids is 1. The van der Waals surface area contributed by atoms with E-state index >= 15 is 0 Å². The van der Waals surface area contributed by atoms with E-state index in [0.717, 1.165) is 36.3 Å². The molecule has 142 valence electrons. The molecule has 1 aliphatic rings. The van der Waals surface area contributed by atoms with Crippen LogP contribution < -0.4 is 10.6 Å². The summed E-state index contributed by atoms with van der Waals surface area (Å²) in [5.41, 5.74) is 4.38. The number of hydrogen-bond donors (Lipinski definition) is 2. The minimum Gasteiger partial charge on any atom is -0.339 e. The number of aryl methyl sites for hydroxylation is 2. The van der Waals surface area contributed by atoms with Crippen LogP contribution in [-0.4, -0.2) is 15.8 Å². The van der Waals surface area contributed by atoms with Crippen LogP contribution >= 0.6 is 11.6 Å². The Balaban J connectivity index is 1.69. The van der Waals surface area contributed by atoms with Crippen molar-refractivity contribution in [3.05, 3.63) is 70.4 Å². The molecule has 0 bridgehead atoms. The third kappa shape index (κ3) is 3.99. The second-order valence-electron chi connectivity index (χ2n) is 6.80. The van der Waals surface area contributed by atoms with Crippen molar-refractivity contribution in [2.24, 2.45) is 0 Å². The number of rotatable bonds is 5. The highest BCUT2D eigenvalue weighted by atomic mass is 35.5. The Morgan fingerprint density at radius 1 is 0.929 bits per heavy atom. The van der Waals surface area contributed by atoms with Crippen molar-refractivity contribution < 1.29 is 4.79 Å². The quantitative estimate of drug-likeness (QED) is 0.583. The third-order valence-corrected chi connectivity index (χ3v) is 5.06. The first-order valence-corrected chi connectivity index (χ1v) is 9.83. The fourth-order valence-electron chi connectivity index (χ4n) is 3.29. The van der Waals surface area contributed by atoms with Crippen LogP contribution in [0.3, 0.4) is 0 Å². The van der Waals surface area contributed by atoms with Gasteiger partial charge in [0.25, 0.3) is 0 Å². The van der Waals surface area contributed by atoms with E-state index in [4.69, 9.17) is 11.6 Å². The van der Waals surface area contributed by atoms with Gasteiger partial charge in [0.1, 0.15) is 5.82 Å². The molecule has 4 rings (SSSR count). The van der Waals surface area contributed by atoms with Gasteiger partial charge in [-0.05, 0) is 61.2 Å². The van der Waals surface area contributed by atoms with Crippen molar-refractivity contribution >= 4 is 40.5 Å². The summed E-state index contributed by atoms with van der Waals surface area (Å²) in [4.78, 5) is 21.7. The van der Waals surface area contributed by atoms with Gasteiger partial charge < -0.3 is 10.6 Å². The number of aromatic nitrogens is 2. The maximum atomic E-state index is 12.5. The fraction of sp³-hybridized carbons (Fsp3) is 0.227. The largest absolute Gasteiger partial charge is 0.339 e. The lowest BCUT2D eigenvalue weighted by atomic mass is 9.95. The number of carbonyl (C=O) groups is 1. The molecule has 0 radical (unpaired) electrons. The first-order valence-electron chi connectivity index (χ1n) is 9.45. The normalized spacial score (nSPS) is 13.1. The number of fused-ring (bicyclic) bond motifs is 1. The lowest BCUT2D eigenvalue weighted by Crippen LogP contribution is -2.17. The molecule has 0 spiro atoms. The molecular weight excluding hydrogens is 372 g/mol.